The van der Waals surface area contributed by atoms with Crippen LogP contribution in [-0.2, 0) is 0 Å². The fraction of sp³-hybridized carbons (Fsp3) is 0.308. The van der Waals surface area contributed by atoms with Crippen LogP contribution in [0.1, 0.15) is 16.8 Å². The molecule has 0 aliphatic heterocycles. The van der Waals surface area contributed by atoms with Crippen LogP contribution >= 0.6 is 0 Å². The van der Waals surface area contributed by atoms with Gasteiger partial charge in [0, 0.05) is 13.2 Å². The molecule has 0 aliphatic carbocycles. The van der Waals surface area contributed by atoms with Gasteiger partial charge in [-0.2, -0.15) is 0 Å². The summed E-state index contributed by atoms with van der Waals surface area (Å²) in [5.74, 6) is 0.881. The van der Waals surface area contributed by atoms with Gasteiger partial charge < -0.3 is 5.32 Å². The Kier molecular flexibility index (Phi) is 2.69. The SMILES string of the molecule is CNc1nc(C)cn1-c1cccc(C)c1C. The fourth-order valence-electron chi connectivity index (χ4n) is 1.85. The molecule has 1 N–H and O–H groups in total. The van der Waals surface area contributed by atoms with Crippen LogP contribution in [0.5, 0.6) is 0 Å². The Bertz CT molecular complexity index is 512. The first-order valence-electron chi connectivity index (χ1n) is 5.44. The van der Waals surface area contributed by atoms with Crippen molar-refractivity contribution in [3.05, 3.63) is 41.2 Å². The van der Waals surface area contributed by atoms with Gasteiger partial charge in [-0.3, -0.25) is 4.57 Å². The van der Waals surface area contributed by atoms with Crippen molar-refractivity contribution in [1.29, 1.82) is 0 Å². The summed E-state index contributed by atoms with van der Waals surface area (Å²) in [6.45, 7) is 6.27. The van der Waals surface area contributed by atoms with Gasteiger partial charge in [0.25, 0.3) is 0 Å². The number of hydrogen-bond donors (Lipinski definition) is 1. The van der Waals surface area contributed by atoms with Gasteiger partial charge in [0.1, 0.15) is 0 Å². The molecule has 3 nitrogen and oxygen atoms in total. The third-order valence-corrected chi connectivity index (χ3v) is 2.89. The zero-order valence-corrected chi connectivity index (χ0v) is 10.2. The summed E-state index contributed by atoms with van der Waals surface area (Å²) < 4.78 is 2.09. The molecule has 1 heterocycles. The molecule has 0 spiro atoms. The zero-order chi connectivity index (χ0) is 11.7. The van der Waals surface area contributed by atoms with Gasteiger partial charge in [-0.05, 0) is 38.0 Å². The normalized spacial score (nSPS) is 10.5. The molecule has 0 amide bonds. The van der Waals surface area contributed by atoms with E-state index in [2.05, 4.69) is 46.9 Å². The summed E-state index contributed by atoms with van der Waals surface area (Å²) in [5, 5.41) is 3.11. The van der Waals surface area contributed by atoms with Gasteiger partial charge in [-0.25, -0.2) is 4.98 Å². The molecule has 0 saturated heterocycles. The highest BCUT2D eigenvalue weighted by Crippen LogP contribution is 2.21. The van der Waals surface area contributed by atoms with Crippen LogP contribution in [0.2, 0.25) is 0 Å². The molecular formula is C13H17N3. The van der Waals surface area contributed by atoms with Crippen LogP contribution in [0.25, 0.3) is 5.69 Å². The molecule has 0 unspecified atom stereocenters. The van der Waals surface area contributed by atoms with Crippen molar-refractivity contribution in [2.45, 2.75) is 20.8 Å². The maximum absolute atomic E-state index is 4.43. The summed E-state index contributed by atoms with van der Waals surface area (Å²) in [6, 6.07) is 6.32. The lowest BCUT2D eigenvalue weighted by Crippen LogP contribution is -2.02. The Balaban J connectivity index is 2.62. The molecule has 3 heteroatoms. The average Bonchev–Trinajstić information content (AvgIpc) is 2.63. The van der Waals surface area contributed by atoms with Crippen molar-refractivity contribution in [2.24, 2.45) is 0 Å². The number of aryl methyl sites for hydroxylation is 2. The van der Waals surface area contributed by atoms with Crippen molar-refractivity contribution < 1.29 is 0 Å². The van der Waals surface area contributed by atoms with Gasteiger partial charge >= 0.3 is 0 Å². The van der Waals surface area contributed by atoms with Crippen molar-refractivity contribution in [3.63, 3.8) is 0 Å². The van der Waals surface area contributed by atoms with E-state index in [4.69, 9.17) is 0 Å². The number of imidazole rings is 1. The van der Waals surface area contributed by atoms with E-state index in [1.54, 1.807) is 0 Å². The topological polar surface area (TPSA) is 29.9 Å². The largest absolute Gasteiger partial charge is 0.358 e. The van der Waals surface area contributed by atoms with E-state index in [0.717, 1.165) is 11.6 Å². The summed E-state index contributed by atoms with van der Waals surface area (Å²) >= 11 is 0. The maximum Gasteiger partial charge on any atom is 0.207 e. The molecule has 0 bridgehead atoms. The summed E-state index contributed by atoms with van der Waals surface area (Å²) in [5.41, 5.74) is 4.79. The van der Waals surface area contributed by atoms with E-state index < -0.39 is 0 Å². The predicted octanol–water partition coefficient (Wildman–Crippen LogP) is 2.84. The summed E-state index contributed by atoms with van der Waals surface area (Å²) in [4.78, 5) is 4.43. The van der Waals surface area contributed by atoms with Gasteiger partial charge in [0.05, 0.1) is 11.4 Å². The van der Waals surface area contributed by atoms with Crippen molar-refractivity contribution in [3.8, 4) is 5.69 Å². The van der Waals surface area contributed by atoms with E-state index in [-0.39, 0.29) is 0 Å². The second kappa shape index (κ2) is 4.00. The highest BCUT2D eigenvalue weighted by Gasteiger charge is 2.08. The Morgan fingerprint density at radius 3 is 2.62 bits per heavy atom. The number of anilines is 1. The van der Waals surface area contributed by atoms with Crippen LogP contribution < -0.4 is 5.32 Å². The second-order valence-corrected chi connectivity index (χ2v) is 4.04. The highest BCUT2D eigenvalue weighted by molar-refractivity contribution is 5.50. The van der Waals surface area contributed by atoms with Crippen molar-refractivity contribution in [2.75, 3.05) is 12.4 Å². The van der Waals surface area contributed by atoms with Crippen molar-refractivity contribution in [1.82, 2.24) is 9.55 Å². The quantitative estimate of drug-likeness (QED) is 0.834. The third kappa shape index (κ3) is 1.69. The minimum absolute atomic E-state index is 0.881. The van der Waals surface area contributed by atoms with Gasteiger partial charge in [-0.15, -0.1) is 0 Å². The molecule has 0 radical (unpaired) electrons. The van der Waals surface area contributed by atoms with Crippen LogP contribution in [0.4, 0.5) is 5.95 Å². The van der Waals surface area contributed by atoms with E-state index in [1.807, 2.05) is 20.2 Å². The smallest absolute Gasteiger partial charge is 0.207 e. The number of rotatable bonds is 2. The second-order valence-electron chi connectivity index (χ2n) is 4.04. The Labute approximate surface area is 96.1 Å². The summed E-state index contributed by atoms with van der Waals surface area (Å²) in [6.07, 6.45) is 2.05. The minimum Gasteiger partial charge on any atom is -0.358 e. The predicted molar refractivity (Wildman–Crippen MR) is 67.3 cm³/mol. The van der Waals surface area contributed by atoms with Crippen LogP contribution in [0.3, 0.4) is 0 Å². The molecule has 2 aromatic rings. The zero-order valence-electron chi connectivity index (χ0n) is 10.2. The number of nitrogens with one attached hydrogen (secondary N) is 1. The van der Waals surface area contributed by atoms with Crippen LogP contribution in [0.15, 0.2) is 24.4 Å². The lowest BCUT2D eigenvalue weighted by Gasteiger charge is -2.11. The first-order chi connectivity index (χ1) is 7.63. The van der Waals surface area contributed by atoms with E-state index >= 15 is 0 Å². The molecule has 1 aromatic heterocycles. The number of nitrogens with zero attached hydrogens (tertiary/aromatic N) is 2. The monoisotopic (exact) mass is 215 g/mol. The van der Waals surface area contributed by atoms with Crippen molar-refractivity contribution >= 4 is 5.95 Å². The molecule has 0 atom stereocenters. The number of benzene rings is 1. The first-order valence-corrected chi connectivity index (χ1v) is 5.44. The Hall–Kier alpha value is -1.77. The molecule has 16 heavy (non-hydrogen) atoms. The lowest BCUT2D eigenvalue weighted by atomic mass is 10.1. The average molecular weight is 215 g/mol. The molecule has 1 aromatic carbocycles. The first kappa shape index (κ1) is 10.7. The van der Waals surface area contributed by atoms with E-state index in [1.165, 1.54) is 16.8 Å². The standard InChI is InChI=1S/C13H17N3/c1-9-6-5-7-12(11(9)3)16-8-10(2)15-13(16)14-4/h5-8H,1-4H3,(H,14,15). The number of hydrogen-bond acceptors (Lipinski definition) is 2. The van der Waals surface area contributed by atoms with E-state index in [9.17, 15) is 0 Å². The number of aromatic nitrogens is 2. The molecule has 0 fully saturated rings. The Morgan fingerprint density at radius 1 is 1.19 bits per heavy atom. The van der Waals surface area contributed by atoms with E-state index in [0.29, 0.717) is 0 Å². The van der Waals surface area contributed by atoms with Gasteiger partial charge in [-0.1, -0.05) is 12.1 Å². The molecule has 0 saturated carbocycles. The van der Waals surface area contributed by atoms with Crippen LogP contribution in [-0.4, -0.2) is 16.6 Å². The molecule has 2 rings (SSSR count). The fourth-order valence-corrected chi connectivity index (χ4v) is 1.85. The summed E-state index contributed by atoms with van der Waals surface area (Å²) in [7, 11) is 1.89. The van der Waals surface area contributed by atoms with Gasteiger partial charge in [0.2, 0.25) is 5.95 Å². The molecule has 84 valence electrons. The third-order valence-electron chi connectivity index (χ3n) is 2.89. The molecular weight excluding hydrogens is 198 g/mol. The minimum atomic E-state index is 0.881. The molecule has 0 aliphatic rings. The van der Waals surface area contributed by atoms with Crippen LogP contribution in [0, 0.1) is 20.8 Å². The van der Waals surface area contributed by atoms with Gasteiger partial charge in [0.15, 0.2) is 0 Å². The Morgan fingerprint density at radius 2 is 1.94 bits per heavy atom. The maximum atomic E-state index is 4.43. The highest BCUT2D eigenvalue weighted by atomic mass is 15.2. The lowest BCUT2D eigenvalue weighted by molar-refractivity contribution is 1.03.